The number of hydrogen-bond donors (Lipinski definition) is 2. The van der Waals surface area contributed by atoms with Gasteiger partial charge in [-0.15, -0.1) is 5.92 Å². The van der Waals surface area contributed by atoms with E-state index in [9.17, 15) is 13.9 Å². The van der Waals surface area contributed by atoms with Gasteiger partial charge >= 0.3 is 5.97 Å². The second-order valence-electron chi connectivity index (χ2n) is 11.2. The molecule has 7 heteroatoms. The Morgan fingerprint density at radius 3 is 2.40 bits per heavy atom. The first-order valence-corrected chi connectivity index (χ1v) is 16.6. The molecule has 3 aromatic rings. The van der Waals surface area contributed by atoms with Crippen molar-refractivity contribution in [2.75, 3.05) is 25.2 Å². The Morgan fingerprint density at radius 1 is 0.929 bits per heavy atom. The number of benzene rings is 3. The molecule has 3 aromatic carbocycles. The fourth-order valence-electron chi connectivity index (χ4n) is 5.76. The number of methoxy groups -OCH3 is 1. The zero-order chi connectivity index (χ0) is 29.5. The molecule has 1 unspecified atom stereocenters. The average molecular weight is 589 g/mol. The van der Waals surface area contributed by atoms with Gasteiger partial charge in [-0.25, -0.2) is 0 Å². The molecule has 1 aliphatic carbocycles. The number of esters is 1. The van der Waals surface area contributed by atoms with Crippen LogP contribution in [0.15, 0.2) is 60.7 Å². The summed E-state index contributed by atoms with van der Waals surface area (Å²) in [6.45, 7) is 2.84. The zero-order valence-corrected chi connectivity index (χ0v) is 25.3. The van der Waals surface area contributed by atoms with Crippen LogP contribution in [-0.4, -0.2) is 40.3 Å². The summed E-state index contributed by atoms with van der Waals surface area (Å²) in [6.07, 6.45) is 4.95. The van der Waals surface area contributed by atoms with E-state index < -0.39 is 10.6 Å². The van der Waals surface area contributed by atoms with Crippen molar-refractivity contribution in [3.8, 4) is 34.5 Å². The molecular weight excluding hydrogens is 548 g/mol. The van der Waals surface area contributed by atoms with Crippen LogP contribution in [-0.2, 0) is 29.0 Å². The lowest BCUT2D eigenvalue weighted by atomic mass is 9.94. The smallest absolute Gasteiger partial charge is 0.307 e. The van der Waals surface area contributed by atoms with E-state index in [-0.39, 0.29) is 18.3 Å². The molecular formula is C35H40O6S. The van der Waals surface area contributed by atoms with Crippen LogP contribution in [0.3, 0.4) is 0 Å². The molecule has 1 saturated heterocycles. The summed E-state index contributed by atoms with van der Waals surface area (Å²) in [7, 11) is -0.969. The molecule has 0 amide bonds. The van der Waals surface area contributed by atoms with Crippen LogP contribution in [0, 0.1) is 17.8 Å². The maximum atomic E-state index is 11.8. The van der Waals surface area contributed by atoms with Crippen molar-refractivity contribution in [3.05, 3.63) is 82.9 Å². The molecule has 1 heterocycles. The number of rotatable bonds is 9. The molecule has 5 rings (SSSR count). The highest BCUT2D eigenvalue weighted by Crippen LogP contribution is 2.45. The van der Waals surface area contributed by atoms with Crippen molar-refractivity contribution in [1.82, 2.24) is 0 Å². The van der Waals surface area contributed by atoms with Gasteiger partial charge in [0, 0.05) is 11.5 Å². The quantitative estimate of drug-likeness (QED) is 0.198. The molecule has 1 fully saturated rings. The Bertz CT molecular complexity index is 1440. The molecule has 6 nitrogen and oxygen atoms in total. The summed E-state index contributed by atoms with van der Waals surface area (Å²) in [5.41, 5.74) is 7.23. The minimum absolute atomic E-state index is 0.206. The van der Waals surface area contributed by atoms with E-state index in [2.05, 4.69) is 48.2 Å². The monoisotopic (exact) mass is 588 g/mol. The van der Waals surface area contributed by atoms with Gasteiger partial charge in [0.25, 0.3) is 0 Å². The number of ether oxygens (including phenoxy) is 3. The predicted molar refractivity (Wildman–Crippen MR) is 168 cm³/mol. The Balaban J connectivity index is 1.24. The first-order chi connectivity index (χ1) is 20.3. The van der Waals surface area contributed by atoms with Crippen molar-refractivity contribution in [3.63, 3.8) is 0 Å². The maximum absolute atomic E-state index is 11.8. The van der Waals surface area contributed by atoms with Gasteiger partial charge in [-0.2, -0.15) is 10.6 Å². The average Bonchev–Trinajstić information content (AvgIpc) is 3.18. The Hall–Kier alpha value is -3.44. The van der Waals surface area contributed by atoms with Crippen LogP contribution >= 0.6 is 10.6 Å². The van der Waals surface area contributed by atoms with E-state index in [1.807, 2.05) is 24.3 Å². The predicted octanol–water partition coefficient (Wildman–Crippen LogP) is 7.63. The summed E-state index contributed by atoms with van der Waals surface area (Å²) < 4.78 is 36.9. The lowest BCUT2D eigenvalue weighted by Gasteiger charge is -2.39. The maximum Gasteiger partial charge on any atom is 0.307 e. The highest BCUT2D eigenvalue weighted by atomic mass is 32.3. The molecule has 0 radical (unpaired) electrons. The number of hydrogen-bond acceptors (Lipinski definition) is 6. The summed E-state index contributed by atoms with van der Waals surface area (Å²) in [5.74, 6) is 8.52. The topological polar surface area (TPSA) is 85.2 Å². The van der Waals surface area contributed by atoms with Crippen LogP contribution in [0.25, 0.3) is 11.1 Å². The van der Waals surface area contributed by atoms with Gasteiger partial charge in [0.1, 0.15) is 18.1 Å². The highest BCUT2D eigenvalue weighted by molar-refractivity contribution is 8.24. The fraction of sp³-hybridized carbons (Fsp3) is 0.400. The van der Waals surface area contributed by atoms with Crippen molar-refractivity contribution in [2.24, 2.45) is 5.92 Å². The van der Waals surface area contributed by atoms with E-state index in [1.54, 1.807) is 6.92 Å². The van der Waals surface area contributed by atoms with Crippen molar-refractivity contribution >= 4 is 16.6 Å². The van der Waals surface area contributed by atoms with E-state index in [1.165, 1.54) is 29.4 Å². The summed E-state index contributed by atoms with van der Waals surface area (Å²) in [6, 6.07) is 20.8. The summed E-state index contributed by atoms with van der Waals surface area (Å²) in [5, 5.41) is 0. The fourth-order valence-corrected chi connectivity index (χ4v) is 7.38. The molecule has 0 saturated carbocycles. The molecule has 42 heavy (non-hydrogen) atoms. The van der Waals surface area contributed by atoms with Gasteiger partial charge in [0.15, 0.2) is 0 Å². The third-order valence-electron chi connectivity index (χ3n) is 8.23. The van der Waals surface area contributed by atoms with E-state index in [4.69, 9.17) is 14.2 Å². The number of fused-ring (bicyclic) bond motifs is 3. The standard InChI is InChI=1S/C35H40O6S/c1-3-5-29(22-35(36)39-2)27-10-12-31(13-11-27)40-24-26-8-9-28-6-4-7-30-21-32(14-15-33(30)34(28)20-26)41-23-25-16-18-42(37,38)19-17-25/h8-15,20-21,25,29,37-38H,4,6-7,16-19,22-24H2,1-2H3. The van der Waals surface area contributed by atoms with Crippen LogP contribution in [0.2, 0.25) is 0 Å². The number of carbonyl (C=O) groups excluding carboxylic acids is 1. The second-order valence-corrected chi connectivity index (χ2v) is 13.6. The van der Waals surface area contributed by atoms with Gasteiger partial charge in [0.05, 0.1) is 26.1 Å². The summed E-state index contributed by atoms with van der Waals surface area (Å²) >= 11 is 0. The lowest BCUT2D eigenvalue weighted by Crippen LogP contribution is -2.24. The van der Waals surface area contributed by atoms with Crippen molar-refractivity contribution < 1.29 is 28.1 Å². The van der Waals surface area contributed by atoms with Crippen molar-refractivity contribution in [2.45, 2.75) is 58.0 Å². The lowest BCUT2D eigenvalue weighted by molar-refractivity contribution is -0.140. The van der Waals surface area contributed by atoms with Gasteiger partial charge in [0.2, 0.25) is 0 Å². The second kappa shape index (κ2) is 13.7. The number of aryl methyl sites for hydroxylation is 2. The first-order valence-electron chi connectivity index (χ1n) is 14.7. The van der Waals surface area contributed by atoms with Crippen LogP contribution in [0.4, 0.5) is 0 Å². The van der Waals surface area contributed by atoms with Gasteiger partial charge < -0.3 is 14.2 Å². The normalized spacial score (nSPS) is 17.3. The van der Waals surface area contributed by atoms with E-state index >= 15 is 0 Å². The van der Waals surface area contributed by atoms with E-state index in [0.29, 0.717) is 30.6 Å². The van der Waals surface area contributed by atoms with Gasteiger partial charge in [-0.1, -0.05) is 36.3 Å². The van der Waals surface area contributed by atoms with Crippen LogP contribution < -0.4 is 9.47 Å². The zero-order valence-electron chi connectivity index (χ0n) is 24.4. The Kier molecular flexibility index (Phi) is 9.79. The number of carbonyl (C=O) groups is 1. The highest BCUT2D eigenvalue weighted by Gasteiger charge is 2.25. The summed E-state index contributed by atoms with van der Waals surface area (Å²) in [4.78, 5) is 11.8. The molecule has 0 bridgehead atoms. The largest absolute Gasteiger partial charge is 0.493 e. The van der Waals surface area contributed by atoms with Crippen LogP contribution in [0.1, 0.15) is 60.8 Å². The van der Waals surface area contributed by atoms with Crippen LogP contribution in [0.5, 0.6) is 11.5 Å². The molecule has 1 atom stereocenters. The molecule has 2 aliphatic rings. The molecule has 2 N–H and O–H groups in total. The Morgan fingerprint density at radius 2 is 1.67 bits per heavy atom. The first kappa shape index (κ1) is 30.0. The Labute approximate surface area is 250 Å². The van der Waals surface area contributed by atoms with Gasteiger partial charge in [-0.3, -0.25) is 13.9 Å². The minimum Gasteiger partial charge on any atom is -0.493 e. The van der Waals surface area contributed by atoms with E-state index in [0.717, 1.165) is 54.7 Å². The molecule has 222 valence electrons. The SMILES string of the molecule is CC#CC(CC(=O)OC)c1ccc(OCc2ccc3c(c2)-c2ccc(OCC4CCS(O)(O)CC4)cc2CCC3)cc1. The van der Waals surface area contributed by atoms with Crippen molar-refractivity contribution in [1.29, 1.82) is 0 Å². The third kappa shape index (κ3) is 7.69. The minimum atomic E-state index is -2.36. The molecule has 0 aromatic heterocycles. The third-order valence-corrected chi connectivity index (χ3v) is 10.0. The van der Waals surface area contributed by atoms with Gasteiger partial charge in [-0.05, 0) is 109 Å². The molecule has 1 aliphatic heterocycles. The molecule has 0 spiro atoms.